The van der Waals surface area contributed by atoms with Gasteiger partial charge < -0.3 is 25.1 Å². The number of aromatic nitrogens is 2. The van der Waals surface area contributed by atoms with E-state index in [1.54, 1.807) is 14.8 Å². The third kappa shape index (κ3) is 6.01. The number of hydrazine groups is 1. The Morgan fingerprint density at radius 2 is 1.97 bits per heavy atom. The number of hydrogen-bond acceptors (Lipinski definition) is 9. The molecule has 0 saturated carbocycles. The van der Waals surface area contributed by atoms with Crippen molar-refractivity contribution in [3.63, 3.8) is 0 Å². The van der Waals surface area contributed by atoms with Crippen LogP contribution in [0.2, 0.25) is 0 Å². The van der Waals surface area contributed by atoms with E-state index in [0.29, 0.717) is 39.4 Å². The molecule has 2 saturated heterocycles. The Morgan fingerprint density at radius 1 is 1.18 bits per heavy atom. The van der Waals surface area contributed by atoms with Crippen LogP contribution in [-0.2, 0) is 10.9 Å². The van der Waals surface area contributed by atoms with Gasteiger partial charge in [0.1, 0.15) is 12.6 Å². The first-order valence-electron chi connectivity index (χ1n) is 10.6. The zero-order valence-electron chi connectivity index (χ0n) is 18.0. The number of rotatable bonds is 6. The molecule has 0 amide bonds. The summed E-state index contributed by atoms with van der Waals surface area (Å²) in [6.45, 7) is 2.88. The van der Waals surface area contributed by atoms with Crippen LogP contribution in [0.1, 0.15) is 5.56 Å². The Morgan fingerprint density at radius 3 is 2.71 bits per heavy atom. The van der Waals surface area contributed by atoms with Crippen LogP contribution < -0.4 is 15.8 Å². The summed E-state index contributed by atoms with van der Waals surface area (Å²) in [7, 11) is 0. The van der Waals surface area contributed by atoms with E-state index >= 15 is 0 Å². The molecule has 0 spiro atoms. The van der Waals surface area contributed by atoms with Crippen molar-refractivity contribution in [2.24, 2.45) is 5.10 Å². The summed E-state index contributed by atoms with van der Waals surface area (Å²) in [5, 5.41) is 16.0. The Balaban J connectivity index is 1.30. The summed E-state index contributed by atoms with van der Waals surface area (Å²) >= 11 is 0. The fraction of sp³-hybridized carbons (Fsp3) is 0.450. The molecule has 0 radical (unpaired) electrons. The van der Waals surface area contributed by atoms with Crippen molar-refractivity contribution in [1.29, 1.82) is 0 Å². The molecular weight excluding hydrogens is 460 g/mol. The summed E-state index contributed by atoms with van der Waals surface area (Å²) in [6.07, 6.45) is -2.97. The molecule has 0 bridgehead atoms. The number of morpholine rings is 1. The topological polar surface area (TPSA) is 101 Å². The number of anilines is 3. The first-order chi connectivity index (χ1) is 16.3. The van der Waals surface area contributed by atoms with Gasteiger partial charge >= 0.3 is 6.18 Å². The molecule has 1 aromatic heterocycles. The van der Waals surface area contributed by atoms with Crippen molar-refractivity contribution >= 4 is 23.8 Å². The molecule has 14 heteroatoms. The molecule has 10 nitrogen and oxygen atoms in total. The number of alkyl halides is 3. The summed E-state index contributed by atoms with van der Waals surface area (Å²) in [4.78, 5) is 11.3. The Kier molecular flexibility index (Phi) is 7.29. The second-order valence-corrected chi connectivity index (χ2v) is 7.68. The van der Waals surface area contributed by atoms with Gasteiger partial charge in [-0.15, -0.1) is 0 Å². The van der Waals surface area contributed by atoms with Crippen molar-refractivity contribution in [3.8, 4) is 0 Å². The van der Waals surface area contributed by atoms with Gasteiger partial charge in [0.2, 0.25) is 5.95 Å². The maximum atomic E-state index is 14.1. The minimum atomic E-state index is -4.43. The van der Waals surface area contributed by atoms with Crippen LogP contribution in [0.5, 0.6) is 0 Å². The molecule has 2 aliphatic rings. The van der Waals surface area contributed by atoms with E-state index < -0.39 is 23.8 Å². The summed E-state index contributed by atoms with van der Waals surface area (Å²) in [5.74, 6) is -0.292. The largest absolute Gasteiger partial charge is 0.416 e. The lowest BCUT2D eigenvalue weighted by Crippen LogP contribution is -2.54. The van der Waals surface area contributed by atoms with Crippen molar-refractivity contribution in [3.05, 3.63) is 41.8 Å². The number of benzene rings is 1. The average molecular weight is 484 g/mol. The fourth-order valence-corrected chi connectivity index (χ4v) is 3.53. The molecule has 4 rings (SSSR count). The Labute approximate surface area is 192 Å². The monoisotopic (exact) mass is 484 g/mol. The molecule has 2 aliphatic heterocycles. The highest BCUT2D eigenvalue weighted by molar-refractivity contribution is 5.57. The first kappa shape index (κ1) is 23.9. The molecule has 1 aromatic carbocycles. The number of hydrazone groups is 1. The van der Waals surface area contributed by atoms with Gasteiger partial charge in [0, 0.05) is 31.9 Å². The quantitative estimate of drug-likeness (QED) is 0.245. The number of piperazine rings is 1. The molecule has 3 N–H and O–H groups in total. The van der Waals surface area contributed by atoms with Crippen LogP contribution in [0.4, 0.5) is 35.0 Å². The van der Waals surface area contributed by atoms with E-state index in [2.05, 4.69) is 25.9 Å². The standard InChI is InChI=1S/C20H24F4N8O2/c21-16-11-25-19(27-18(16)30-6-8-34-9-7-30)28-26-13-31-4-5-32(12-17(31)33)29-15-3-1-2-14(10-15)20(22,23)24/h1-3,10-11,13,17,29,33H,4-9,12H2,(H,25,27,28)/b26-13+. The average Bonchev–Trinajstić information content (AvgIpc) is 2.82. The van der Waals surface area contributed by atoms with E-state index in [0.717, 1.165) is 18.3 Å². The van der Waals surface area contributed by atoms with Crippen LogP contribution in [0, 0.1) is 5.82 Å². The molecule has 0 aliphatic carbocycles. The van der Waals surface area contributed by atoms with Gasteiger partial charge in [-0.3, -0.25) is 0 Å². The van der Waals surface area contributed by atoms with Gasteiger partial charge in [0.25, 0.3) is 0 Å². The van der Waals surface area contributed by atoms with Gasteiger partial charge in [-0.05, 0) is 18.2 Å². The zero-order valence-corrected chi connectivity index (χ0v) is 18.0. The van der Waals surface area contributed by atoms with Crippen LogP contribution in [0.15, 0.2) is 35.6 Å². The maximum Gasteiger partial charge on any atom is 0.416 e. The Bertz CT molecular complexity index is 1000. The smallest absolute Gasteiger partial charge is 0.378 e. The Hall–Kier alpha value is -3.23. The van der Waals surface area contributed by atoms with E-state index in [-0.39, 0.29) is 24.0 Å². The number of nitrogens with zero attached hydrogens (tertiary/aromatic N) is 6. The molecule has 34 heavy (non-hydrogen) atoms. The number of aliphatic hydroxyl groups is 1. The first-order valence-corrected chi connectivity index (χ1v) is 10.6. The predicted molar refractivity (Wildman–Crippen MR) is 116 cm³/mol. The van der Waals surface area contributed by atoms with Crippen LogP contribution in [0.3, 0.4) is 0 Å². The second kappa shape index (κ2) is 10.4. The number of β-amino-alcohol motifs (C(OH)–C–C–N with tert-alkyl or cyclic N) is 1. The van der Waals surface area contributed by atoms with Crippen molar-refractivity contribution in [2.45, 2.75) is 12.4 Å². The third-order valence-electron chi connectivity index (χ3n) is 5.28. The normalized spacial score (nSPS) is 20.1. The van der Waals surface area contributed by atoms with Gasteiger partial charge in [0.15, 0.2) is 11.6 Å². The summed E-state index contributed by atoms with van der Waals surface area (Å²) < 4.78 is 58.1. The van der Waals surface area contributed by atoms with Crippen molar-refractivity contribution in [2.75, 3.05) is 61.7 Å². The van der Waals surface area contributed by atoms with Gasteiger partial charge in [-0.25, -0.2) is 19.8 Å². The number of ether oxygens (including phenoxy) is 1. The number of hydrogen-bond donors (Lipinski definition) is 3. The predicted octanol–water partition coefficient (Wildman–Crippen LogP) is 1.79. The zero-order chi connectivity index (χ0) is 24.1. The number of nitrogens with one attached hydrogen (secondary N) is 2. The molecular formula is C20H24F4N8O2. The fourth-order valence-electron chi connectivity index (χ4n) is 3.53. The second-order valence-electron chi connectivity index (χ2n) is 7.68. The van der Waals surface area contributed by atoms with E-state index in [1.165, 1.54) is 18.5 Å². The SMILES string of the molecule is OC1CN(Nc2cccc(C(F)(F)F)c2)CCN1/C=N/Nc1ncc(F)c(N2CCOCC2)n1. The van der Waals surface area contributed by atoms with Crippen LogP contribution in [0.25, 0.3) is 0 Å². The molecule has 1 unspecified atom stereocenters. The lowest BCUT2D eigenvalue weighted by atomic mass is 10.2. The van der Waals surface area contributed by atoms with Crippen LogP contribution >= 0.6 is 0 Å². The lowest BCUT2D eigenvalue weighted by Gasteiger charge is -2.37. The molecule has 2 aromatic rings. The van der Waals surface area contributed by atoms with Gasteiger partial charge in [-0.1, -0.05) is 6.07 Å². The third-order valence-corrected chi connectivity index (χ3v) is 5.28. The molecule has 2 fully saturated rings. The minimum Gasteiger partial charge on any atom is -0.378 e. The van der Waals surface area contributed by atoms with Crippen molar-refractivity contribution in [1.82, 2.24) is 19.9 Å². The number of halogens is 4. The van der Waals surface area contributed by atoms with Gasteiger partial charge in [0.05, 0.1) is 31.5 Å². The highest BCUT2D eigenvalue weighted by Crippen LogP contribution is 2.30. The molecule has 1 atom stereocenters. The highest BCUT2D eigenvalue weighted by Gasteiger charge is 2.31. The van der Waals surface area contributed by atoms with Gasteiger partial charge in [-0.2, -0.15) is 23.3 Å². The summed E-state index contributed by atoms with van der Waals surface area (Å²) in [6, 6.07) is 4.85. The lowest BCUT2D eigenvalue weighted by molar-refractivity contribution is -0.137. The number of aliphatic hydroxyl groups excluding tert-OH is 1. The minimum absolute atomic E-state index is 0.0958. The van der Waals surface area contributed by atoms with E-state index in [4.69, 9.17) is 4.74 Å². The van der Waals surface area contributed by atoms with E-state index in [1.807, 2.05) is 0 Å². The maximum absolute atomic E-state index is 14.1. The van der Waals surface area contributed by atoms with E-state index in [9.17, 15) is 22.7 Å². The highest BCUT2D eigenvalue weighted by atomic mass is 19.4. The molecule has 184 valence electrons. The van der Waals surface area contributed by atoms with Crippen LogP contribution in [-0.4, -0.2) is 83.5 Å². The summed E-state index contributed by atoms with van der Waals surface area (Å²) in [5.41, 5.74) is 5.03. The van der Waals surface area contributed by atoms with Crippen molar-refractivity contribution < 1.29 is 27.4 Å². The molecule has 3 heterocycles.